The van der Waals surface area contributed by atoms with Crippen LogP contribution in [0.2, 0.25) is 0 Å². The van der Waals surface area contributed by atoms with Gasteiger partial charge in [-0.25, -0.2) is 0 Å². The molecule has 6 fully saturated rings. The average Bonchev–Trinajstić information content (AvgIpc) is 3.46. The van der Waals surface area contributed by atoms with E-state index in [9.17, 15) is 51.1 Å². The summed E-state index contributed by atoms with van der Waals surface area (Å²) in [5.74, 6) is 0.741. The lowest BCUT2D eigenvalue weighted by Gasteiger charge is -2.58. The fourth-order valence-corrected chi connectivity index (χ4v) is 12.1. The molecule has 0 radical (unpaired) electrons. The number of hydrogen-bond acceptors (Lipinski definition) is 17. The highest BCUT2D eigenvalue weighted by atomic mass is 16.8. The number of methoxy groups -OCH3 is 1. The molecule has 3 saturated carbocycles. The van der Waals surface area contributed by atoms with Gasteiger partial charge in [-0.15, -0.1) is 0 Å². The third-order valence-electron chi connectivity index (χ3n) is 15.3. The van der Waals surface area contributed by atoms with Crippen molar-refractivity contribution in [3.63, 3.8) is 0 Å². The first-order valence-corrected chi connectivity index (χ1v) is 20.8. The molecule has 3 aliphatic heterocycles. The first-order chi connectivity index (χ1) is 26.9. The molecule has 0 spiro atoms. The number of rotatable bonds is 10. The highest BCUT2D eigenvalue weighted by Gasteiger charge is 2.63. The molecule has 0 bridgehead atoms. The quantitative estimate of drug-likeness (QED) is 0.112. The fraction of sp³-hybridized carbons (Fsp3) is 0.950. The predicted molar refractivity (Wildman–Crippen MR) is 196 cm³/mol. The zero-order valence-electron chi connectivity index (χ0n) is 33.5. The summed E-state index contributed by atoms with van der Waals surface area (Å²) in [7, 11) is 1.29. The van der Waals surface area contributed by atoms with Crippen LogP contribution >= 0.6 is 0 Å². The SMILES string of the molecule is CO[C@H]1[C@@H](O)[C@@H](C)O[C@@H](O[C@H]2[C@H](OC[C@H]3O[C@@H](O[C@H](C)C4[C@@H](O)C[C@H]5[C@@H]6CC=C7C[C@@H](O)CC[C@]7(C)[C@H]6CC[C@]45C)[C@H](O)[C@@H](O)[C@@H]3O)O[C@H](CO)[C@@H](O)[C@@H]2O)[C@@H]1O. The van der Waals surface area contributed by atoms with Gasteiger partial charge >= 0.3 is 0 Å². The molecule has 4 aliphatic carbocycles. The van der Waals surface area contributed by atoms with E-state index in [0.717, 1.165) is 38.5 Å². The minimum Gasteiger partial charge on any atom is -0.394 e. The maximum Gasteiger partial charge on any atom is 0.187 e. The van der Waals surface area contributed by atoms with Gasteiger partial charge in [0, 0.05) is 13.0 Å². The molecule has 7 aliphatic rings. The van der Waals surface area contributed by atoms with Crippen LogP contribution in [0.3, 0.4) is 0 Å². The number of hydrogen-bond donors (Lipinski definition) is 10. The van der Waals surface area contributed by atoms with Gasteiger partial charge in [-0.05, 0) is 87.4 Å². The van der Waals surface area contributed by atoms with Crippen LogP contribution in [0.5, 0.6) is 0 Å². The van der Waals surface area contributed by atoms with Crippen LogP contribution in [0.15, 0.2) is 11.6 Å². The van der Waals surface area contributed by atoms with E-state index in [2.05, 4.69) is 19.9 Å². The Labute approximate surface area is 333 Å². The first kappa shape index (κ1) is 44.1. The molecule has 10 N–H and O–H groups in total. The van der Waals surface area contributed by atoms with Crippen LogP contribution < -0.4 is 0 Å². The molecule has 0 amide bonds. The molecular formula is C40H66O17. The molecule has 0 aromatic rings. The van der Waals surface area contributed by atoms with Gasteiger partial charge in [-0.2, -0.15) is 0 Å². The van der Waals surface area contributed by atoms with Crippen LogP contribution in [0, 0.1) is 34.5 Å². The summed E-state index contributed by atoms with van der Waals surface area (Å²) < 4.78 is 40.9. The monoisotopic (exact) mass is 818 g/mol. The summed E-state index contributed by atoms with van der Waals surface area (Å²) in [6.07, 6.45) is -15.2. The second kappa shape index (κ2) is 17.1. The Balaban J connectivity index is 1.03. The predicted octanol–water partition coefficient (Wildman–Crippen LogP) is -1.57. The van der Waals surface area contributed by atoms with E-state index in [1.165, 1.54) is 19.6 Å². The lowest BCUT2D eigenvalue weighted by Crippen LogP contribution is -2.65. The minimum absolute atomic E-state index is 0.0363. The highest BCUT2D eigenvalue weighted by Crippen LogP contribution is 2.67. The van der Waals surface area contributed by atoms with Crippen LogP contribution in [0.4, 0.5) is 0 Å². The Bertz CT molecular complexity index is 1410. The number of aliphatic hydroxyl groups excluding tert-OH is 10. The van der Waals surface area contributed by atoms with Gasteiger partial charge in [0.05, 0.1) is 37.6 Å². The molecule has 328 valence electrons. The highest BCUT2D eigenvalue weighted by molar-refractivity contribution is 5.26. The van der Waals surface area contributed by atoms with E-state index in [1.807, 2.05) is 6.92 Å². The molecule has 3 heterocycles. The molecule has 3 saturated heterocycles. The third kappa shape index (κ3) is 7.79. The molecule has 24 atom stereocenters. The standard InChI is InChI=1S/C40H66O17/c1-16(26-23(43)13-22-20-7-6-18-12-19(42)8-10-39(18,3)21(20)9-11-40(22,26)4)53-36-32(49)30(47)29(46)25(56-36)15-52-38-35(31(48)28(45)24(14-41)55-38)57-37-33(50)34(51-5)27(44)17(2)54-37/h6,16-17,19-38,41-50H,7-15H2,1-5H3/t16-,17-,19+,20-,21+,22+,23+,24-,25-,26?,27+,28-,29-,30+,31+,32-,33-,34+,35-,36-,37+,38-,39+,40+/m1/s1. The summed E-state index contributed by atoms with van der Waals surface area (Å²) in [6, 6.07) is 0. The van der Waals surface area contributed by atoms with Crippen molar-refractivity contribution in [3.8, 4) is 0 Å². The first-order valence-electron chi connectivity index (χ1n) is 20.8. The Morgan fingerprint density at radius 2 is 1.47 bits per heavy atom. The van der Waals surface area contributed by atoms with Crippen LogP contribution in [0.25, 0.3) is 0 Å². The minimum atomic E-state index is -1.73. The molecular weight excluding hydrogens is 752 g/mol. The summed E-state index contributed by atoms with van der Waals surface area (Å²) >= 11 is 0. The van der Waals surface area contributed by atoms with E-state index in [0.29, 0.717) is 18.3 Å². The normalized spacial score (nSPS) is 54.6. The summed E-state index contributed by atoms with van der Waals surface area (Å²) in [5.41, 5.74) is 1.12. The van der Waals surface area contributed by atoms with Gasteiger partial charge in [0.2, 0.25) is 0 Å². The smallest absolute Gasteiger partial charge is 0.187 e. The lowest BCUT2D eigenvalue weighted by atomic mass is 9.47. The molecule has 7 rings (SSSR count). The average molecular weight is 819 g/mol. The second-order valence-corrected chi connectivity index (χ2v) is 18.4. The summed E-state index contributed by atoms with van der Waals surface area (Å²) in [5, 5.41) is 108. The Morgan fingerprint density at radius 3 is 2.18 bits per heavy atom. The van der Waals surface area contributed by atoms with Gasteiger partial charge in [0.15, 0.2) is 18.9 Å². The number of ether oxygens (including phenoxy) is 7. The number of fused-ring (bicyclic) bond motifs is 5. The Hall–Kier alpha value is -0.940. The van der Waals surface area contributed by atoms with Crippen molar-refractivity contribution in [1.29, 1.82) is 0 Å². The molecule has 0 aromatic carbocycles. The van der Waals surface area contributed by atoms with Crippen LogP contribution in [0.1, 0.15) is 72.6 Å². The van der Waals surface area contributed by atoms with Crippen molar-refractivity contribution < 1.29 is 84.2 Å². The van der Waals surface area contributed by atoms with Crippen LogP contribution in [-0.4, -0.2) is 182 Å². The van der Waals surface area contributed by atoms with E-state index < -0.39 is 118 Å². The molecule has 57 heavy (non-hydrogen) atoms. The van der Waals surface area contributed by atoms with Gasteiger partial charge in [-0.3, -0.25) is 0 Å². The summed E-state index contributed by atoms with van der Waals surface area (Å²) in [6.45, 7) is 6.70. The van der Waals surface area contributed by atoms with Gasteiger partial charge in [0.1, 0.15) is 67.1 Å². The van der Waals surface area contributed by atoms with Gasteiger partial charge in [-0.1, -0.05) is 25.5 Å². The van der Waals surface area contributed by atoms with Gasteiger partial charge in [0.25, 0.3) is 0 Å². The van der Waals surface area contributed by atoms with Crippen molar-refractivity contribution >= 4 is 0 Å². The maximum atomic E-state index is 11.7. The third-order valence-corrected chi connectivity index (χ3v) is 15.3. The number of aliphatic hydroxyl groups is 10. The van der Waals surface area contributed by atoms with Gasteiger partial charge < -0.3 is 84.2 Å². The molecule has 1 unspecified atom stereocenters. The van der Waals surface area contributed by atoms with E-state index >= 15 is 0 Å². The van der Waals surface area contributed by atoms with Crippen molar-refractivity contribution in [2.24, 2.45) is 34.5 Å². The second-order valence-electron chi connectivity index (χ2n) is 18.4. The maximum absolute atomic E-state index is 11.7. The van der Waals surface area contributed by atoms with Crippen molar-refractivity contribution in [3.05, 3.63) is 11.6 Å². The van der Waals surface area contributed by atoms with E-state index in [4.69, 9.17) is 33.2 Å². The Kier molecular flexibility index (Phi) is 13.2. The van der Waals surface area contributed by atoms with E-state index in [1.54, 1.807) is 0 Å². The fourth-order valence-electron chi connectivity index (χ4n) is 12.1. The molecule has 17 nitrogen and oxygen atoms in total. The van der Waals surface area contributed by atoms with Crippen LogP contribution in [-0.2, 0) is 33.2 Å². The summed E-state index contributed by atoms with van der Waals surface area (Å²) in [4.78, 5) is 0. The number of allylic oxidation sites excluding steroid dienone is 1. The molecule has 17 heteroatoms. The Morgan fingerprint density at radius 1 is 0.772 bits per heavy atom. The zero-order valence-corrected chi connectivity index (χ0v) is 33.5. The lowest BCUT2D eigenvalue weighted by molar-refractivity contribution is -0.372. The topological polar surface area (TPSA) is 267 Å². The van der Waals surface area contributed by atoms with Crippen molar-refractivity contribution in [1.82, 2.24) is 0 Å². The zero-order chi connectivity index (χ0) is 41.3. The van der Waals surface area contributed by atoms with E-state index in [-0.39, 0.29) is 28.8 Å². The van der Waals surface area contributed by atoms with Crippen molar-refractivity contribution in [2.75, 3.05) is 20.3 Å². The van der Waals surface area contributed by atoms with Crippen molar-refractivity contribution in [2.45, 2.75) is 183 Å². The largest absolute Gasteiger partial charge is 0.394 e. The molecule has 0 aromatic heterocycles.